The van der Waals surface area contributed by atoms with Crippen LogP contribution in [-0.2, 0) is 4.79 Å². The van der Waals surface area contributed by atoms with Crippen molar-refractivity contribution in [2.45, 2.75) is 13.8 Å². The van der Waals surface area contributed by atoms with Gasteiger partial charge in [-0.25, -0.2) is 0 Å². The second kappa shape index (κ2) is 6.35. The van der Waals surface area contributed by atoms with Crippen LogP contribution in [0.1, 0.15) is 13.8 Å². The number of anilines is 2. The Morgan fingerprint density at radius 1 is 1.47 bits per heavy atom. The summed E-state index contributed by atoms with van der Waals surface area (Å²) in [5.41, 5.74) is 7.00. The highest BCUT2D eigenvalue weighted by atomic mass is 35.5. The van der Waals surface area contributed by atoms with Gasteiger partial charge in [-0.2, -0.15) is 0 Å². The fourth-order valence-corrected chi connectivity index (χ4v) is 1.43. The molecule has 1 rings (SSSR count). The largest absolute Gasteiger partial charge is 0.397 e. The molecule has 0 aromatic heterocycles. The van der Waals surface area contributed by atoms with Crippen LogP contribution in [0.5, 0.6) is 0 Å². The lowest BCUT2D eigenvalue weighted by molar-refractivity contribution is -0.119. The first-order valence-electron chi connectivity index (χ1n) is 5.54. The molecule has 0 aliphatic heterocycles. The van der Waals surface area contributed by atoms with E-state index in [4.69, 9.17) is 17.3 Å². The fourth-order valence-electron chi connectivity index (χ4n) is 1.25. The maximum atomic E-state index is 11.5. The average molecular weight is 256 g/mol. The zero-order chi connectivity index (χ0) is 12.8. The van der Waals surface area contributed by atoms with Crippen molar-refractivity contribution in [3.63, 3.8) is 0 Å². The van der Waals surface area contributed by atoms with Gasteiger partial charge >= 0.3 is 0 Å². The number of amides is 1. The minimum Gasteiger partial charge on any atom is -0.397 e. The molecular formula is C12H18ClN3O. The maximum absolute atomic E-state index is 11.5. The summed E-state index contributed by atoms with van der Waals surface area (Å²) in [6, 6.07) is 5.13. The van der Waals surface area contributed by atoms with Crippen molar-refractivity contribution in [2.24, 2.45) is 5.92 Å². The quantitative estimate of drug-likeness (QED) is 0.706. The van der Waals surface area contributed by atoms with Gasteiger partial charge in [0.2, 0.25) is 5.91 Å². The van der Waals surface area contributed by atoms with E-state index in [0.717, 1.165) is 0 Å². The highest BCUT2D eigenvalue weighted by Gasteiger charge is 2.04. The Balaban J connectivity index is 2.42. The number of nitrogens with one attached hydrogen (secondary N) is 2. The third-order valence-electron chi connectivity index (χ3n) is 2.16. The second-order valence-electron chi connectivity index (χ2n) is 4.28. The van der Waals surface area contributed by atoms with E-state index in [-0.39, 0.29) is 12.5 Å². The van der Waals surface area contributed by atoms with Crippen LogP contribution in [0.25, 0.3) is 0 Å². The molecule has 0 saturated carbocycles. The fraction of sp³-hybridized carbons (Fsp3) is 0.417. The normalized spacial score (nSPS) is 10.4. The van der Waals surface area contributed by atoms with Gasteiger partial charge in [-0.3, -0.25) is 4.79 Å². The lowest BCUT2D eigenvalue weighted by atomic mass is 10.2. The van der Waals surface area contributed by atoms with Gasteiger partial charge < -0.3 is 16.4 Å². The summed E-state index contributed by atoms with van der Waals surface area (Å²) < 4.78 is 0. The SMILES string of the molecule is CC(C)CNC(=O)CNc1ccc(Cl)cc1N. The Kier molecular flexibility index (Phi) is 5.10. The van der Waals surface area contributed by atoms with Crippen molar-refractivity contribution >= 4 is 28.9 Å². The Hall–Kier alpha value is -1.42. The standard InChI is InChI=1S/C12H18ClN3O/c1-8(2)6-16-12(17)7-15-11-4-3-9(13)5-10(11)14/h3-5,8,15H,6-7,14H2,1-2H3,(H,16,17). The summed E-state index contributed by atoms with van der Waals surface area (Å²) in [6.07, 6.45) is 0. The molecule has 0 unspecified atom stereocenters. The third kappa shape index (κ3) is 4.95. The summed E-state index contributed by atoms with van der Waals surface area (Å²) in [5.74, 6) is 0.396. The molecule has 4 N–H and O–H groups in total. The van der Waals surface area contributed by atoms with Gasteiger partial charge in [-0.15, -0.1) is 0 Å². The van der Waals surface area contributed by atoms with Crippen LogP contribution in [0.3, 0.4) is 0 Å². The van der Waals surface area contributed by atoms with Gasteiger partial charge in [0, 0.05) is 11.6 Å². The van der Waals surface area contributed by atoms with Gasteiger partial charge in [0.1, 0.15) is 0 Å². The zero-order valence-electron chi connectivity index (χ0n) is 10.1. The van der Waals surface area contributed by atoms with Gasteiger partial charge in [0.05, 0.1) is 17.9 Å². The number of benzene rings is 1. The molecule has 0 atom stereocenters. The van der Waals surface area contributed by atoms with E-state index < -0.39 is 0 Å². The maximum Gasteiger partial charge on any atom is 0.239 e. The zero-order valence-corrected chi connectivity index (χ0v) is 10.8. The summed E-state index contributed by atoms with van der Waals surface area (Å²) in [5, 5.41) is 6.36. The Labute approximate surface area is 107 Å². The number of carbonyl (C=O) groups is 1. The van der Waals surface area contributed by atoms with Crippen LogP contribution in [0.15, 0.2) is 18.2 Å². The van der Waals surface area contributed by atoms with Crippen molar-refractivity contribution in [1.29, 1.82) is 0 Å². The lowest BCUT2D eigenvalue weighted by Crippen LogP contribution is -2.32. The lowest BCUT2D eigenvalue weighted by Gasteiger charge is -2.11. The van der Waals surface area contributed by atoms with Crippen LogP contribution in [0.4, 0.5) is 11.4 Å². The molecule has 0 saturated heterocycles. The Bertz CT molecular complexity index is 393. The molecule has 17 heavy (non-hydrogen) atoms. The molecule has 94 valence electrons. The molecule has 0 spiro atoms. The molecule has 0 radical (unpaired) electrons. The van der Waals surface area contributed by atoms with Crippen molar-refractivity contribution in [1.82, 2.24) is 5.32 Å². The van der Waals surface area contributed by atoms with E-state index in [1.165, 1.54) is 0 Å². The number of carbonyl (C=O) groups excluding carboxylic acids is 1. The minimum absolute atomic E-state index is 0.0481. The molecule has 0 aliphatic rings. The van der Waals surface area contributed by atoms with Crippen LogP contribution < -0.4 is 16.4 Å². The number of nitrogen functional groups attached to an aromatic ring is 1. The molecule has 5 heteroatoms. The number of hydrogen-bond donors (Lipinski definition) is 3. The predicted octanol–water partition coefficient (Wildman–Crippen LogP) is 2.11. The van der Waals surface area contributed by atoms with E-state index in [1.807, 2.05) is 13.8 Å². The van der Waals surface area contributed by atoms with E-state index in [1.54, 1.807) is 18.2 Å². The number of hydrogen-bond acceptors (Lipinski definition) is 3. The predicted molar refractivity (Wildman–Crippen MR) is 72.2 cm³/mol. The number of rotatable bonds is 5. The van der Waals surface area contributed by atoms with E-state index in [0.29, 0.717) is 28.9 Å². The van der Waals surface area contributed by atoms with Crippen molar-refractivity contribution < 1.29 is 4.79 Å². The summed E-state index contributed by atoms with van der Waals surface area (Å²) >= 11 is 5.78. The highest BCUT2D eigenvalue weighted by molar-refractivity contribution is 6.31. The smallest absolute Gasteiger partial charge is 0.239 e. The first-order chi connectivity index (χ1) is 7.99. The first kappa shape index (κ1) is 13.6. The highest BCUT2D eigenvalue weighted by Crippen LogP contribution is 2.22. The van der Waals surface area contributed by atoms with Crippen LogP contribution >= 0.6 is 11.6 Å². The number of nitrogens with two attached hydrogens (primary N) is 1. The van der Waals surface area contributed by atoms with Crippen LogP contribution in [-0.4, -0.2) is 19.0 Å². The van der Waals surface area contributed by atoms with Crippen molar-refractivity contribution in [3.05, 3.63) is 23.2 Å². The summed E-state index contributed by atoms with van der Waals surface area (Å²) in [4.78, 5) is 11.5. The molecular weight excluding hydrogens is 238 g/mol. The monoisotopic (exact) mass is 255 g/mol. The van der Waals surface area contributed by atoms with Gasteiger partial charge in [-0.05, 0) is 24.1 Å². The molecule has 0 bridgehead atoms. The van der Waals surface area contributed by atoms with Gasteiger partial charge in [0.15, 0.2) is 0 Å². The van der Waals surface area contributed by atoms with E-state index >= 15 is 0 Å². The van der Waals surface area contributed by atoms with E-state index in [9.17, 15) is 4.79 Å². The Morgan fingerprint density at radius 3 is 2.76 bits per heavy atom. The minimum atomic E-state index is -0.0481. The van der Waals surface area contributed by atoms with Gasteiger partial charge in [0.25, 0.3) is 0 Å². The topological polar surface area (TPSA) is 67.2 Å². The molecule has 1 aromatic carbocycles. The number of halogens is 1. The molecule has 1 amide bonds. The van der Waals surface area contributed by atoms with Crippen molar-refractivity contribution in [3.8, 4) is 0 Å². The molecule has 1 aromatic rings. The van der Waals surface area contributed by atoms with E-state index in [2.05, 4.69) is 10.6 Å². The third-order valence-corrected chi connectivity index (χ3v) is 2.40. The average Bonchev–Trinajstić information content (AvgIpc) is 2.25. The summed E-state index contributed by atoms with van der Waals surface area (Å²) in [7, 11) is 0. The summed E-state index contributed by atoms with van der Waals surface area (Å²) in [6.45, 7) is 4.98. The molecule has 0 aliphatic carbocycles. The molecule has 0 heterocycles. The molecule has 4 nitrogen and oxygen atoms in total. The Morgan fingerprint density at radius 2 is 2.18 bits per heavy atom. The molecule has 0 fully saturated rings. The second-order valence-corrected chi connectivity index (χ2v) is 4.72. The van der Waals surface area contributed by atoms with Crippen LogP contribution in [0, 0.1) is 5.92 Å². The van der Waals surface area contributed by atoms with Gasteiger partial charge in [-0.1, -0.05) is 25.4 Å². The first-order valence-corrected chi connectivity index (χ1v) is 5.92. The van der Waals surface area contributed by atoms with Crippen molar-refractivity contribution in [2.75, 3.05) is 24.1 Å². The van der Waals surface area contributed by atoms with Crippen LogP contribution in [0.2, 0.25) is 5.02 Å².